The van der Waals surface area contributed by atoms with Crippen molar-refractivity contribution in [2.24, 2.45) is 0 Å². The number of urea groups is 1. The average Bonchev–Trinajstić information content (AvgIpc) is 2.57. The Hall–Kier alpha value is -2.20. The number of hydrogen-bond donors (Lipinski definition) is 2. The van der Waals surface area contributed by atoms with Crippen LogP contribution >= 0.6 is 11.6 Å². The fraction of sp³-hybridized carbons (Fsp3) is 0.316. The second-order valence-electron chi connectivity index (χ2n) is 5.48. The third-order valence-electron chi connectivity index (χ3n) is 3.84. The van der Waals surface area contributed by atoms with E-state index in [1.54, 1.807) is 0 Å². The monoisotopic (exact) mass is 345 g/mol. The first-order chi connectivity index (χ1) is 11.6. The molecule has 2 aromatic rings. The van der Waals surface area contributed by atoms with Gasteiger partial charge in [-0.2, -0.15) is 0 Å². The van der Waals surface area contributed by atoms with Crippen molar-refractivity contribution in [1.29, 1.82) is 0 Å². The maximum Gasteiger partial charge on any atom is 0.319 e. The van der Waals surface area contributed by atoms with Crippen LogP contribution in [0.1, 0.15) is 19.4 Å². The van der Waals surface area contributed by atoms with Crippen LogP contribution in [0, 0.1) is 0 Å². The molecule has 128 valence electrons. The number of rotatable bonds is 7. The highest BCUT2D eigenvalue weighted by Gasteiger charge is 2.04. The molecule has 0 aliphatic rings. The van der Waals surface area contributed by atoms with Gasteiger partial charge in [-0.3, -0.25) is 0 Å². The Labute approximate surface area is 148 Å². The second kappa shape index (κ2) is 9.18. The first-order valence-electron chi connectivity index (χ1n) is 8.26. The summed E-state index contributed by atoms with van der Waals surface area (Å²) in [5.74, 6) is 0. The van der Waals surface area contributed by atoms with Gasteiger partial charge in [0.1, 0.15) is 0 Å². The van der Waals surface area contributed by atoms with Crippen LogP contribution in [0.4, 0.5) is 16.2 Å². The number of hydrogen-bond acceptors (Lipinski definition) is 2. The summed E-state index contributed by atoms with van der Waals surface area (Å²) in [7, 11) is 0. The molecule has 0 aliphatic heterocycles. The number of halogens is 1. The molecule has 0 atom stereocenters. The fourth-order valence-corrected chi connectivity index (χ4v) is 2.75. The van der Waals surface area contributed by atoms with Crippen molar-refractivity contribution in [2.45, 2.75) is 20.3 Å². The zero-order valence-corrected chi connectivity index (χ0v) is 14.9. The van der Waals surface area contributed by atoms with Crippen LogP contribution in [-0.2, 0) is 6.42 Å². The Morgan fingerprint density at radius 1 is 1.08 bits per heavy atom. The van der Waals surface area contributed by atoms with Gasteiger partial charge < -0.3 is 15.5 Å². The normalized spacial score (nSPS) is 10.3. The number of carbonyl (C=O) groups is 1. The van der Waals surface area contributed by atoms with Crippen LogP contribution in [0.3, 0.4) is 0 Å². The van der Waals surface area contributed by atoms with E-state index < -0.39 is 0 Å². The summed E-state index contributed by atoms with van der Waals surface area (Å²) in [6.07, 6.45) is 0.745. The predicted molar refractivity (Wildman–Crippen MR) is 102 cm³/mol. The van der Waals surface area contributed by atoms with E-state index in [1.165, 1.54) is 0 Å². The lowest BCUT2D eigenvalue weighted by Gasteiger charge is -2.21. The summed E-state index contributed by atoms with van der Waals surface area (Å²) in [5.41, 5.74) is 3.05. The molecule has 0 heterocycles. The summed E-state index contributed by atoms with van der Waals surface area (Å²) in [4.78, 5) is 14.2. The van der Waals surface area contributed by atoms with Crippen LogP contribution < -0.4 is 15.5 Å². The summed E-state index contributed by atoms with van der Waals surface area (Å²) >= 11 is 5.95. The fourth-order valence-electron chi connectivity index (χ4n) is 2.53. The smallest absolute Gasteiger partial charge is 0.319 e. The molecular formula is C19H24ClN3O. The van der Waals surface area contributed by atoms with Crippen molar-refractivity contribution < 1.29 is 4.79 Å². The van der Waals surface area contributed by atoms with Crippen LogP contribution in [0.25, 0.3) is 0 Å². The Kier molecular flexibility index (Phi) is 6.94. The lowest BCUT2D eigenvalue weighted by Crippen LogP contribution is -2.30. The standard InChI is InChI=1S/C19H24ClN3O/c1-3-23(4-2)18-10-8-17(9-11-18)22-19(24)21-13-12-15-6-5-7-16(20)14-15/h5-11,14H,3-4,12-13H2,1-2H3,(H2,21,22,24). The molecule has 24 heavy (non-hydrogen) atoms. The van der Waals surface area contributed by atoms with Gasteiger partial charge in [-0.05, 0) is 62.2 Å². The summed E-state index contributed by atoms with van der Waals surface area (Å²) in [6.45, 7) is 6.75. The largest absolute Gasteiger partial charge is 0.372 e. The molecule has 0 fully saturated rings. The van der Waals surface area contributed by atoms with Crippen LogP contribution in [-0.4, -0.2) is 25.7 Å². The molecule has 0 bridgehead atoms. The Bertz CT molecular complexity index is 654. The number of nitrogens with one attached hydrogen (secondary N) is 2. The van der Waals surface area contributed by atoms with Gasteiger partial charge in [0.2, 0.25) is 0 Å². The summed E-state index contributed by atoms with van der Waals surface area (Å²) in [5, 5.41) is 6.42. The van der Waals surface area contributed by atoms with Crippen LogP contribution in [0.15, 0.2) is 48.5 Å². The molecule has 0 aliphatic carbocycles. The average molecular weight is 346 g/mol. The molecule has 0 spiro atoms. The Morgan fingerprint density at radius 2 is 1.79 bits per heavy atom. The minimum Gasteiger partial charge on any atom is -0.372 e. The summed E-state index contributed by atoms with van der Waals surface area (Å²) < 4.78 is 0. The first kappa shape index (κ1) is 18.1. The van der Waals surface area contributed by atoms with Gasteiger partial charge in [0.15, 0.2) is 0 Å². The van der Waals surface area contributed by atoms with Crippen molar-refractivity contribution in [3.05, 3.63) is 59.1 Å². The lowest BCUT2D eigenvalue weighted by atomic mass is 10.1. The number of carbonyl (C=O) groups excluding carboxylic acids is 1. The van der Waals surface area contributed by atoms with Gasteiger partial charge in [0.05, 0.1) is 0 Å². The van der Waals surface area contributed by atoms with Crippen LogP contribution in [0.5, 0.6) is 0 Å². The van der Waals surface area contributed by atoms with Gasteiger partial charge in [-0.15, -0.1) is 0 Å². The highest BCUT2D eigenvalue weighted by Crippen LogP contribution is 2.17. The molecule has 2 amide bonds. The molecule has 5 heteroatoms. The van der Waals surface area contributed by atoms with Crippen molar-refractivity contribution in [3.63, 3.8) is 0 Å². The van der Waals surface area contributed by atoms with E-state index in [0.717, 1.165) is 36.4 Å². The summed E-state index contributed by atoms with van der Waals surface area (Å²) in [6, 6.07) is 15.3. The molecule has 0 radical (unpaired) electrons. The number of nitrogens with zero attached hydrogens (tertiary/aromatic N) is 1. The minimum atomic E-state index is -0.201. The van der Waals surface area contributed by atoms with Crippen molar-refractivity contribution in [2.75, 3.05) is 29.9 Å². The minimum absolute atomic E-state index is 0.201. The predicted octanol–water partition coefficient (Wildman–Crippen LogP) is 4.55. The maximum atomic E-state index is 11.9. The van der Waals surface area contributed by atoms with Crippen molar-refractivity contribution in [3.8, 4) is 0 Å². The van der Waals surface area contributed by atoms with E-state index in [-0.39, 0.29) is 6.03 Å². The molecule has 2 N–H and O–H groups in total. The topological polar surface area (TPSA) is 44.4 Å². The van der Waals surface area contributed by atoms with Crippen molar-refractivity contribution in [1.82, 2.24) is 5.32 Å². The molecule has 0 aromatic heterocycles. The zero-order chi connectivity index (χ0) is 17.4. The van der Waals surface area contributed by atoms with E-state index in [2.05, 4.69) is 29.4 Å². The lowest BCUT2D eigenvalue weighted by molar-refractivity contribution is 0.252. The zero-order valence-electron chi connectivity index (χ0n) is 14.2. The van der Waals surface area contributed by atoms with Crippen LogP contribution in [0.2, 0.25) is 5.02 Å². The molecular weight excluding hydrogens is 322 g/mol. The van der Waals surface area contributed by atoms with Crippen molar-refractivity contribution >= 4 is 29.0 Å². The molecule has 2 aromatic carbocycles. The van der Waals surface area contributed by atoms with Gasteiger partial charge in [0, 0.05) is 36.0 Å². The van der Waals surface area contributed by atoms with E-state index in [9.17, 15) is 4.79 Å². The molecule has 0 saturated heterocycles. The second-order valence-corrected chi connectivity index (χ2v) is 5.92. The molecule has 0 saturated carbocycles. The third-order valence-corrected chi connectivity index (χ3v) is 4.08. The highest BCUT2D eigenvalue weighted by molar-refractivity contribution is 6.30. The first-order valence-corrected chi connectivity index (χ1v) is 8.64. The van der Waals surface area contributed by atoms with Gasteiger partial charge in [-0.25, -0.2) is 4.79 Å². The van der Waals surface area contributed by atoms with E-state index in [0.29, 0.717) is 11.6 Å². The van der Waals surface area contributed by atoms with Gasteiger partial charge in [-0.1, -0.05) is 23.7 Å². The number of benzene rings is 2. The molecule has 4 nitrogen and oxygen atoms in total. The molecule has 2 rings (SSSR count). The number of anilines is 2. The Morgan fingerprint density at radius 3 is 2.42 bits per heavy atom. The van der Waals surface area contributed by atoms with E-state index in [1.807, 2.05) is 48.5 Å². The Balaban J connectivity index is 1.79. The van der Waals surface area contributed by atoms with Gasteiger partial charge in [0.25, 0.3) is 0 Å². The molecule has 0 unspecified atom stereocenters. The SMILES string of the molecule is CCN(CC)c1ccc(NC(=O)NCCc2cccc(Cl)c2)cc1. The third kappa shape index (κ3) is 5.46. The quantitative estimate of drug-likeness (QED) is 0.773. The number of amides is 2. The van der Waals surface area contributed by atoms with E-state index in [4.69, 9.17) is 11.6 Å². The highest BCUT2D eigenvalue weighted by atomic mass is 35.5. The maximum absolute atomic E-state index is 11.9. The van der Waals surface area contributed by atoms with Gasteiger partial charge >= 0.3 is 6.03 Å². The van der Waals surface area contributed by atoms with E-state index >= 15 is 0 Å².